The number of hydrogen-bond acceptors (Lipinski definition) is 4. The minimum atomic E-state index is -0.732. The number of benzene rings is 3. The average molecular weight is 503 g/mol. The number of hydrogen-bond donors (Lipinski definition) is 0. The van der Waals surface area contributed by atoms with Gasteiger partial charge in [0.15, 0.2) is 10.9 Å². The summed E-state index contributed by atoms with van der Waals surface area (Å²) in [4.78, 5) is 23.9. The van der Waals surface area contributed by atoms with Crippen LogP contribution in [-0.4, -0.2) is 27.0 Å². The number of aromatic nitrogens is 3. The number of amides is 1. The maximum Gasteiger partial charge on any atom is 0.229 e. The number of imidazole rings is 1. The van der Waals surface area contributed by atoms with Gasteiger partial charge in [-0.1, -0.05) is 72.0 Å². The van der Waals surface area contributed by atoms with Crippen molar-refractivity contribution in [1.82, 2.24) is 14.5 Å². The lowest BCUT2D eigenvalue weighted by Gasteiger charge is -2.24. The summed E-state index contributed by atoms with van der Waals surface area (Å²) in [5.41, 5.74) is 2.15. The quantitative estimate of drug-likeness (QED) is 0.234. The van der Waals surface area contributed by atoms with Crippen LogP contribution in [0.3, 0.4) is 0 Å². The van der Waals surface area contributed by atoms with Gasteiger partial charge in [0.05, 0.1) is 11.0 Å². The standard InChI is InChI=1S/C28H24F2N4OS/c29-22-16-24(30)27-25(17-22)36-28(32-27)34(14-7-13-33-15-12-31-19-33)26(35)18-23(20-8-3-1-4-9-20)21-10-5-2-6-11-21/h1-6,8-12,15-17,19,23H,7,13-14,18H2. The molecule has 0 saturated heterocycles. The largest absolute Gasteiger partial charge is 0.337 e. The number of fused-ring (bicyclic) bond motifs is 1. The smallest absolute Gasteiger partial charge is 0.229 e. The van der Waals surface area contributed by atoms with E-state index in [-0.39, 0.29) is 23.8 Å². The van der Waals surface area contributed by atoms with E-state index in [1.165, 1.54) is 6.07 Å². The molecular weight excluding hydrogens is 478 g/mol. The molecule has 0 atom stereocenters. The highest BCUT2D eigenvalue weighted by atomic mass is 32.1. The maximum atomic E-state index is 14.4. The molecule has 0 bridgehead atoms. The summed E-state index contributed by atoms with van der Waals surface area (Å²) in [7, 11) is 0. The van der Waals surface area contributed by atoms with E-state index in [2.05, 4.69) is 9.97 Å². The van der Waals surface area contributed by atoms with Crippen molar-refractivity contribution in [2.45, 2.75) is 25.3 Å². The number of carbonyl (C=O) groups is 1. The highest BCUT2D eigenvalue weighted by molar-refractivity contribution is 7.22. The molecule has 0 spiro atoms. The summed E-state index contributed by atoms with van der Waals surface area (Å²) in [5, 5.41) is 0.366. The third-order valence-electron chi connectivity index (χ3n) is 6.07. The number of aryl methyl sites for hydroxylation is 1. The van der Waals surface area contributed by atoms with Crippen LogP contribution in [0.2, 0.25) is 0 Å². The van der Waals surface area contributed by atoms with Gasteiger partial charge >= 0.3 is 0 Å². The Hall–Kier alpha value is -3.91. The Morgan fingerprint density at radius 2 is 1.69 bits per heavy atom. The topological polar surface area (TPSA) is 51.0 Å². The van der Waals surface area contributed by atoms with Gasteiger partial charge in [-0.15, -0.1) is 0 Å². The Morgan fingerprint density at radius 3 is 2.33 bits per heavy atom. The first-order valence-corrected chi connectivity index (χ1v) is 12.5. The molecule has 36 heavy (non-hydrogen) atoms. The fraction of sp³-hybridized carbons (Fsp3) is 0.179. The van der Waals surface area contributed by atoms with E-state index in [0.717, 1.165) is 28.5 Å². The molecule has 5 nitrogen and oxygen atoms in total. The van der Waals surface area contributed by atoms with Crippen LogP contribution in [0.25, 0.3) is 10.2 Å². The molecule has 0 radical (unpaired) electrons. The van der Waals surface area contributed by atoms with Crippen molar-refractivity contribution >= 4 is 32.6 Å². The minimum absolute atomic E-state index is 0.0754. The Kier molecular flexibility index (Phi) is 7.13. The van der Waals surface area contributed by atoms with Crippen LogP contribution in [0.5, 0.6) is 0 Å². The van der Waals surface area contributed by atoms with Crippen LogP contribution in [0.1, 0.15) is 29.9 Å². The Balaban J connectivity index is 1.46. The van der Waals surface area contributed by atoms with Crippen LogP contribution in [0.4, 0.5) is 13.9 Å². The van der Waals surface area contributed by atoms with Crippen LogP contribution in [0.15, 0.2) is 91.5 Å². The summed E-state index contributed by atoms with van der Waals surface area (Å²) in [6, 6.07) is 21.9. The van der Waals surface area contributed by atoms with Crippen molar-refractivity contribution < 1.29 is 13.6 Å². The summed E-state index contributed by atoms with van der Waals surface area (Å²) < 4.78 is 30.5. The molecular formula is C28H24F2N4OS. The zero-order chi connectivity index (χ0) is 24.9. The molecule has 5 aromatic rings. The molecule has 2 heterocycles. The fourth-order valence-electron chi connectivity index (χ4n) is 4.30. The first kappa shape index (κ1) is 23.8. The second-order valence-electron chi connectivity index (χ2n) is 8.51. The maximum absolute atomic E-state index is 14.4. The van der Waals surface area contributed by atoms with Crippen molar-refractivity contribution in [1.29, 1.82) is 0 Å². The molecule has 0 aliphatic rings. The van der Waals surface area contributed by atoms with E-state index in [9.17, 15) is 13.6 Å². The van der Waals surface area contributed by atoms with Crippen LogP contribution in [0, 0.1) is 11.6 Å². The minimum Gasteiger partial charge on any atom is -0.337 e. The summed E-state index contributed by atoms with van der Waals surface area (Å²) in [6.07, 6.45) is 6.16. The summed E-state index contributed by atoms with van der Waals surface area (Å²) in [6.45, 7) is 1.05. The van der Waals surface area contributed by atoms with Gasteiger partial charge in [-0.2, -0.15) is 0 Å². The van der Waals surface area contributed by atoms with Gasteiger partial charge in [0.1, 0.15) is 11.3 Å². The lowest BCUT2D eigenvalue weighted by molar-refractivity contribution is -0.118. The first-order chi connectivity index (χ1) is 17.6. The molecule has 1 amide bonds. The van der Waals surface area contributed by atoms with Crippen LogP contribution >= 0.6 is 11.3 Å². The number of thiazole rings is 1. The second kappa shape index (κ2) is 10.8. The molecule has 0 fully saturated rings. The van der Waals surface area contributed by atoms with E-state index in [4.69, 9.17) is 0 Å². The van der Waals surface area contributed by atoms with Crippen molar-refractivity contribution in [3.05, 3.63) is 114 Å². The molecule has 0 aliphatic heterocycles. The normalized spacial score (nSPS) is 11.3. The first-order valence-electron chi connectivity index (χ1n) is 11.7. The van der Waals surface area contributed by atoms with Gasteiger partial charge in [0, 0.05) is 43.9 Å². The Labute approximate surface area is 211 Å². The number of carbonyl (C=O) groups excluding carboxylic acids is 1. The lowest BCUT2D eigenvalue weighted by Crippen LogP contribution is -2.33. The molecule has 0 aliphatic carbocycles. The molecule has 8 heteroatoms. The molecule has 2 aromatic heterocycles. The Bertz CT molecular complexity index is 1400. The van der Waals surface area contributed by atoms with E-state index < -0.39 is 11.6 Å². The third kappa shape index (κ3) is 5.33. The lowest BCUT2D eigenvalue weighted by atomic mass is 9.88. The zero-order valence-corrected chi connectivity index (χ0v) is 20.2. The SMILES string of the molecule is O=C(CC(c1ccccc1)c1ccccc1)N(CCCn1ccnc1)c1nc2c(F)cc(F)cc2s1. The predicted octanol–water partition coefficient (Wildman–Crippen LogP) is 6.42. The van der Waals surface area contributed by atoms with Gasteiger partial charge in [0.2, 0.25) is 5.91 Å². The third-order valence-corrected chi connectivity index (χ3v) is 7.10. The predicted molar refractivity (Wildman–Crippen MR) is 138 cm³/mol. The van der Waals surface area contributed by atoms with Gasteiger partial charge in [-0.3, -0.25) is 9.69 Å². The van der Waals surface area contributed by atoms with Gasteiger partial charge in [0.25, 0.3) is 0 Å². The highest BCUT2D eigenvalue weighted by Gasteiger charge is 2.25. The molecule has 0 saturated carbocycles. The van der Waals surface area contributed by atoms with E-state index in [1.54, 1.807) is 17.4 Å². The number of anilines is 1. The molecule has 5 rings (SSSR count). The van der Waals surface area contributed by atoms with Crippen molar-refractivity contribution in [3.8, 4) is 0 Å². The monoisotopic (exact) mass is 502 g/mol. The number of rotatable bonds is 9. The Morgan fingerprint density at radius 1 is 1.00 bits per heavy atom. The highest BCUT2D eigenvalue weighted by Crippen LogP contribution is 2.34. The van der Waals surface area contributed by atoms with Gasteiger partial charge in [-0.25, -0.2) is 18.7 Å². The summed E-state index contributed by atoms with van der Waals surface area (Å²) in [5.74, 6) is -1.68. The van der Waals surface area contributed by atoms with Gasteiger partial charge in [-0.05, 0) is 23.6 Å². The summed E-state index contributed by atoms with van der Waals surface area (Å²) >= 11 is 1.12. The average Bonchev–Trinajstić information content (AvgIpc) is 3.56. The van der Waals surface area contributed by atoms with E-state index >= 15 is 0 Å². The molecule has 0 unspecified atom stereocenters. The fourth-order valence-corrected chi connectivity index (χ4v) is 5.35. The number of nitrogens with zero attached hydrogens (tertiary/aromatic N) is 4. The van der Waals surface area contributed by atoms with Crippen LogP contribution < -0.4 is 4.90 Å². The molecule has 182 valence electrons. The zero-order valence-electron chi connectivity index (χ0n) is 19.4. The van der Waals surface area contributed by atoms with Crippen molar-refractivity contribution in [2.75, 3.05) is 11.4 Å². The molecule has 0 N–H and O–H groups in total. The van der Waals surface area contributed by atoms with Crippen molar-refractivity contribution in [2.24, 2.45) is 0 Å². The number of halogens is 2. The van der Waals surface area contributed by atoms with E-state index in [1.807, 2.05) is 71.4 Å². The van der Waals surface area contributed by atoms with Crippen LogP contribution in [-0.2, 0) is 11.3 Å². The molecule has 3 aromatic carbocycles. The second-order valence-corrected chi connectivity index (χ2v) is 9.52. The van der Waals surface area contributed by atoms with Gasteiger partial charge < -0.3 is 4.57 Å². The van der Waals surface area contributed by atoms with Crippen molar-refractivity contribution in [3.63, 3.8) is 0 Å². The van der Waals surface area contributed by atoms with E-state index in [0.29, 0.717) is 29.3 Å².